The van der Waals surface area contributed by atoms with Gasteiger partial charge in [-0.05, 0) is 37.5 Å². The quantitative estimate of drug-likeness (QED) is 0.814. The zero-order valence-corrected chi connectivity index (χ0v) is 12.2. The molecule has 6 heteroatoms. The van der Waals surface area contributed by atoms with Crippen molar-refractivity contribution in [2.24, 2.45) is 5.73 Å². The van der Waals surface area contributed by atoms with Gasteiger partial charge in [-0.3, -0.25) is 4.79 Å². The van der Waals surface area contributed by atoms with Gasteiger partial charge in [-0.1, -0.05) is 6.07 Å². The Balaban J connectivity index is 2.09. The summed E-state index contributed by atoms with van der Waals surface area (Å²) in [6.45, 7) is 2.18. The van der Waals surface area contributed by atoms with Crippen molar-refractivity contribution in [3.8, 4) is 0 Å². The number of ether oxygens (including phenoxy) is 2. The maximum atomic E-state index is 12.2. The van der Waals surface area contributed by atoms with Gasteiger partial charge < -0.3 is 20.5 Å². The molecule has 0 aromatic heterocycles. The average molecular weight is 292 g/mol. The lowest BCUT2D eigenvalue weighted by molar-refractivity contribution is -0.126. The van der Waals surface area contributed by atoms with Crippen molar-refractivity contribution in [3.63, 3.8) is 0 Å². The summed E-state index contributed by atoms with van der Waals surface area (Å²) in [4.78, 5) is 23.8. The number of methoxy groups -OCH3 is 1. The molecule has 2 unspecified atom stereocenters. The van der Waals surface area contributed by atoms with Gasteiger partial charge in [-0.15, -0.1) is 0 Å². The summed E-state index contributed by atoms with van der Waals surface area (Å²) in [6.07, 6.45) is 0.905. The summed E-state index contributed by atoms with van der Waals surface area (Å²) < 4.78 is 10.3. The van der Waals surface area contributed by atoms with Gasteiger partial charge in [0.05, 0.1) is 18.8 Å². The second-order valence-electron chi connectivity index (χ2n) is 5.02. The lowest BCUT2D eigenvalue weighted by atomic mass is 10.1. The zero-order chi connectivity index (χ0) is 15.4. The summed E-state index contributed by atoms with van der Waals surface area (Å²) in [5, 5.41) is 2.80. The van der Waals surface area contributed by atoms with E-state index in [1.165, 1.54) is 7.11 Å². The maximum absolute atomic E-state index is 12.2. The second-order valence-corrected chi connectivity index (χ2v) is 5.02. The van der Waals surface area contributed by atoms with Gasteiger partial charge in [0, 0.05) is 12.2 Å². The Bertz CT molecular complexity index is 544. The van der Waals surface area contributed by atoms with Crippen LogP contribution in [0, 0.1) is 6.92 Å². The predicted molar refractivity (Wildman–Crippen MR) is 78.1 cm³/mol. The molecule has 1 heterocycles. The number of carbonyl (C=O) groups is 2. The van der Waals surface area contributed by atoms with E-state index in [1.54, 1.807) is 25.1 Å². The molecule has 6 nitrogen and oxygen atoms in total. The number of rotatable bonds is 4. The molecular weight excluding hydrogens is 272 g/mol. The predicted octanol–water partition coefficient (Wildman–Crippen LogP) is 1.23. The van der Waals surface area contributed by atoms with Gasteiger partial charge in [-0.2, -0.15) is 0 Å². The first-order chi connectivity index (χ1) is 10.1. The molecule has 21 heavy (non-hydrogen) atoms. The molecule has 114 valence electrons. The Morgan fingerprint density at radius 1 is 1.43 bits per heavy atom. The Kier molecular flexibility index (Phi) is 4.93. The zero-order valence-electron chi connectivity index (χ0n) is 12.2. The molecule has 0 aliphatic carbocycles. The van der Waals surface area contributed by atoms with Crippen molar-refractivity contribution in [1.82, 2.24) is 0 Å². The smallest absolute Gasteiger partial charge is 0.338 e. The number of anilines is 1. The standard InChI is InChI=1S/C15H20N2O4/c1-9-11(15(19)20-2)4-3-5-12(9)17-14(18)13-7-6-10(8-16)21-13/h3-5,10,13H,6-8,16H2,1-2H3,(H,17,18). The van der Waals surface area contributed by atoms with Crippen LogP contribution >= 0.6 is 0 Å². The summed E-state index contributed by atoms with van der Waals surface area (Å²) in [6, 6.07) is 5.11. The highest BCUT2D eigenvalue weighted by atomic mass is 16.5. The Hall–Kier alpha value is -1.92. The molecule has 1 saturated heterocycles. The first kappa shape index (κ1) is 15.5. The van der Waals surface area contributed by atoms with Gasteiger partial charge in [0.1, 0.15) is 6.10 Å². The van der Waals surface area contributed by atoms with Crippen molar-refractivity contribution < 1.29 is 19.1 Å². The second kappa shape index (κ2) is 6.69. The van der Waals surface area contributed by atoms with Crippen LogP contribution in [0.3, 0.4) is 0 Å². The number of nitrogens with two attached hydrogens (primary N) is 1. The molecule has 0 saturated carbocycles. The molecule has 1 fully saturated rings. The maximum Gasteiger partial charge on any atom is 0.338 e. The molecular formula is C15H20N2O4. The van der Waals surface area contributed by atoms with E-state index >= 15 is 0 Å². The highest BCUT2D eigenvalue weighted by molar-refractivity contribution is 5.98. The van der Waals surface area contributed by atoms with Crippen molar-refractivity contribution >= 4 is 17.6 Å². The highest BCUT2D eigenvalue weighted by Crippen LogP contribution is 2.23. The van der Waals surface area contributed by atoms with Crippen LogP contribution in [0.1, 0.15) is 28.8 Å². The van der Waals surface area contributed by atoms with Gasteiger partial charge in [-0.25, -0.2) is 4.79 Å². The third kappa shape index (κ3) is 3.40. The molecule has 2 rings (SSSR count). The fraction of sp³-hybridized carbons (Fsp3) is 0.467. The Labute approximate surface area is 123 Å². The van der Waals surface area contributed by atoms with E-state index in [9.17, 15) is 9.59 Å². The summed E-state index contributed by atoms with van der Waals surface area (Å²) in [5.41, 5.74) is 7.22. The van der Waals surface area contributed by atoms with Crippen molar-refractivity contribution in [2.45, 2.75) is 32.0 Å². The van der Waals surface area contributed by atoms with Gasteiger partial charge in [0.2, 0.25) is 0 Å². The van der Waals surface area contributed by atoms with Crippen molar-refractivity contribution in [2.75, 3.05) is 19.0 Å². The fourth-order valence-corrected chi connectivity index (χ4v) is 2.39. The molecule has 1 aliphatic heterocycles. The molecule has 0 spiro atoms. The highest BCUT2D eigenvalue weighted by Gasteiger charge is 2.30. The third-order valence-corrected chi connectivity index (χ3v) is 3.66. The minimum Gasteiger partial charge on any atom is -0.465 e. The van der Waals surface area contributed by atoms with Crippen LogP contribution < -0.4 is 11.1 Å². The summed E-state index contributed by atoms with van der Waals surface area (Å²) in [7, 11) is 1.33. The van der Waals surface area contributed by atoms with Crippen LogP contribution in [-0.2, 0) is 14.3 Å². The molecule has 1 aromatic carbocycles. The average Bonchev–Trinajstić information content (AvgIpc) is 2.97. The molecule has 0 bridgehead atoms. The van der Waals surface area contributed by atoms with E-state index in [-0.39, 0.29) is 12.0 Å². The summed E-state index contributed by atoms with van der Waals surface area (Å²) >= 11 is 0. The van der Waals surface area contributed by atoms with Gasteiger partial charge in [0.25, 0.3) is 5.91 Å². The largest absolute Gasteiger partial charge is 0.465 e. The minimum atomic E-state index is -0.486. The molecule has 2 atom stereocenters. The van der Waals surface area contributed by atoms with E-state index in [2.05, 4.69) is 5.32 Å². The number of nitrogens with one attached hydrogen (secondary N) is 1. The molecule has 1 aliphatic rings. The van der Waals surface area contributed by atoms with Crippen LogP contribution in [0.2, 0.25) is 0 Å². The number of hydrogen-bond donors (Lipinski definition) is 2. The monoisotopic (exact) mass is 292 g/mol. The molecule has 3 N–H and O–H groups in total. The molecule has 1 amide bonds. The number of carbonyl (C=O) groups excluding carboxylic acids is 2. The molecule has 1 aromatic rings. The fourth-order valence-electron chi connectivity index (χ4n) is 2.39. The first-order valence-corrected chi connectivity index (χ1v) is 6.91. The third-order valence-electron chi connectivity index (χ3n) is 3.66. The van der Waals surface area contributed by atoms with Crippen LogP contribution in [0.5, 0.6) is 0 Å². The van der Waals surface area contributed by atoms with E-state index in [1.807, 2.05) is 0 Å². The van der Waals surface area contributed by atoms with Crippen molar-refractivity contribution in [1.29, 1.82) is 0 Å². The van der Waals surface area contributed by atoms with E-state index in [4.69, 9.17) is 15.2 Å². The minimum absolute atomic E-state index is 0.0525. The normalized spacial score (nSPS) is 21.1. The Morgan fingerprint density at radius 2 is 2.19 bits per heavy atom. The lowest BCUT2D eigenvalue weighted by Crippen LogP contribution is -2.30. The topological polar surface area (TPSA) is 90.7 Å². The van der Waals surface area contributed by atoms with Crippen LogP contribution in [0.25, 0.3) is 0 Å². The van der Waals surface area contributed by atoms with Gasteiger partial charge in [0.15, 0.2) is 0 Å². The van der Waals surface area contributed by atoms with Gasteiger partial charge >= 0.3 is 5.97 Å². The van der Waals surface area contributed by atoms with Crippen LogP contribution in [-0.4, -0.2) is 37.7 Å². The van der Waals surface area contributed by atoms with E-state index < -0.39 is 12.1 Å². The van der Waals surface area contributed by atoms with Crippen molar-refractivity contribution in [3.05, 3.63) is 29.3 Å². The SMILES string of the molecule is COC(=O)c1cccc(NC(=O)C2CCC(CN)O2)c1C. The van der Waals surface area contributed by atoms with Crippen LogP contribution in [0.4, 0.5) is 5.69 Å². The van der Waals surface area contributed by atoms with Crippen LogP contribution in [0.15, 0.2) is 18.2 Å². The number of benzene rings is 1. The number of esters is 1. The van der Waals surface area contributed by atoms with E-state index in [0.29, 0.717) is 29.8 Å². The number of hydrogen-bond acceptors (Lipinski definition) is 5. The molecule has 0 radical (unpaired) electrons. The lowest BCUT2D eigenvalue weighted by Gasteiger charge is -2.15. The summed E-state index contributed by atoms with van der Waals surface area (Å²) in [5.74, 6) is -0.639. The van der Waals surface area contributed by atoms with E-state index in [0.717, 1.165) is 6.42 Å². The first-order valence-electron chi connectivity index (χ1n) is 6.91. The Morgan fingerprint density at radius 3 is 2.81 bits per heavy atom. The number of amides is 1.